The molecule has 2 rings (SSSR count). The fourth-order valence-electron chi connectivity index (χ4n) is 4.24. The van der Waals surface area contributed by atoms with Gasteiger partial charge in [0, 0.05) is 23.1 Å². The summed E-state index contributed by atoms with van der Waals surface area (Å²) in [5.74, 6) is 0.172. The topological polar surface area (TPSA) is 66.8 Å². The predicted octanol–water partition coefficient (Wildman–Crippen LogP) is 4.54. The van der Waals surface area contributed by atoms with E-state index < -0.39 is 6.10 Å². The third-order valence-electron chi connectivity index (χ3n) is 6.18. The number of hydrogen-bond acceptors (Lipinski definition) is 4. The minimum Gasteiger partial charge on any atom is -0.469 e. The average Bonchev–Trinajstić information content (AvgIpc) is 2.97. The van der Waals surface area contributed by atoms with Crippen molar-refractivity contribution in [1.29, 1.82) is 0 Å². The van der Waals surface area contributed by atoms with Crippen LogP contribution in [0.25, 0.3) is 0 Å². The molecule has 1 aromatic rings. The van der Waals surface area contributed by atoms with Crippen LogP contribution in [0.3, 0.4) is 0 Å². The summed E-state index contributed by atoms with van der Waals surface area (Å²) in [6, 6.07) is 8.28. The van der Waals surface area contributed by atoms with E-state index in [2.05, 4.69) is 29.0 Å². The minimum atomic E-state index is -0.413. The van der Waals surface area contributed by atoms with Gasteiger partial charge in [-0.2, -0.15) is 0 Å². The van der Waals surface area contributed by atoms with Gasteiger partial charge in [0.05, 0.1) is 19.8 Å². The molecule has 0 spiro atoms. The Morgan fingerprint density at radius 1 is 1.18 bits per heavy atom. The van der Waals surface area contributed by atoms with Crippen LogP contribution in [0, 0.1) is 5.92 Å². The molecule has 0 bridgehead atoms. The molecular formula is C23H35ClO4. The van der Waals surface area contributed by atoms with Gasteiger partial charge in [-0.1, -0.05) is 57.4 Å². The van der Waals surface area contributed by atoms with E-state index in [0.29, 0.717) is 12.8 Å². The number of methoxy groups -OCH3 is 1. The lowest BCUT2D eigenvalue weighted by atomic mass is 9.81. The van der Waals surface area contributed by atoms with E-state index in [1.165, 1.54) is 7.11 Å². The summed E-state index contributed by atoms with van der Waals surface area (Å²) in [5, 5.41) is 20.2. The molecule has 4 unspecified atom stereocenters. The summed E-state index contributed by atoms with van der Waals surface area (Å²) >= 11 is 6.59. The molecule has 1 saturated carbocycles. The second-order valence-electron chi connectivity index (χ2n) is 8.70. The number of halogens is 1. The lowest BCUT2D eigenvalue weighted by Crippen LogP contribution is -2.23. The van der Waals surface area contributed by atoms with Gasteiger partial charge < -0.3 is 14.9 Å². The Bertz CT molecular complexity index is 614. The Morgan fingerprint density at radius 3 is 2.43 bits per heavy atom. The monoisotopic (exact) mass is 410 g/mol. The van der Waals surface area contributed by atoms with E-state index in [9.17, 15) is 15.0 Å². The van der Waals surface area contributed by atoms with Crippen molar-refractivity contribution in [2.24, 2.45) is 5.92 Å². The van der Waals surface area contributed by atoms with Crippen molar-refractivity contribution >= 4 is 17.6 Å². The van der Waals surface area contributed by atoms with Crippen LogP contribution in [0.2, 0.25) is 0 Å². The van der Waals surface area contributed by atoms with Crippen molar-refractivity contribution in [2.75, 3.05) is 13.7 Å². The normalized spacial score (nSPS) is 25.1. The number of unbranched alkanes of at least 4 members (excludes halogenated alkanes) is 3. The van der Waals surface area contributed by atoms with Gasteiger partial charge in [0.2, 0.25) is 0 Å². The Hall–Kier alpha value is -1.10. The van der Waals surface area contributed by atoms with Crippen molar-refractivity contribution in [3.05, 3.63) is 35.4 Å². The van der Waals surface area contributed by atoms with Crippen molar-refractivity contribution < 1.29 is 19.7 Å². The summed E-state index contributed by atoms with van der Waals surface area (Å²) in [4.78, 5) is 11.2. The Morgan fingerprint density at radius 2 is 1.82 bits per heavy atom. The van der Waals surface area contributed by atoms with Gasteiger partial charge in [-0.05, 0) is 36.3 Å². The predicted molar refractivity (Wildman–Crippen MR) is 113 cm³/mol. The summed E-state index contributed by atoms with van der Waals surface area (Å²) in [6.45, 7) is 4.13. The molecular weight excluding hydrogens is 376 g/mol. The van der Waals surface area contributed by atoms with Gasteiger partial charge in [0.25, 0.3) is 0 Å². The number of carbonyl (C=O) groups excluding carboxylic acids is 1. The smallest absolute Gasteiger partial charge is 0.305 e. The van der Waals surface area contributed by atoms with Gasteiger partial charge in [-0.25, -0.2) is 0 Å². The first-order chi connectivity index (χ1) is 13.3. The number of hydrogen-bond donors (Lipinski definition) is 2. The van der Waals surface area contributed by atoms with E-state index in [1.54, 1.807) is 0 Å². The number of aliphatic hydroxyl groups is 2. The highest BCUT2D eigenvalue weighted by Gasteiger charge is 2.41. The van der Waals surface area contributed by atoms with Crippen LogP contribution >= 0.6 is 11.6 Å². The number of alkyl halides is 1. The Balaban J connectivity index is 1.93. The lowest BCUT2D eigenvalue weighted by molar-refractivity contribution is -0.140. The van der Waals surface area contributed by atoms with Gasteiger partial charge >= 0.3 is 5.97 Å². The maximum absolute atomic E-state index is 11.2. The van der Waals surface area contributed by atoms with Crippen LogP contribution in [0.15, 0.2) is 24.3 Å². The van der Waals surface area contributed by atoms with Gasteiger partial charge in [0.1, 0.15) is 0 Å². The van der Waals surface area contributed by atoms with Gasteiger partial charge in [-0.3, -0.25) is 4.79 Å². The van der Waals surface area contributed by atoms with Crippen molar-refractivity contribution in [3.63, 3.8) is 0 Å². The van der Waals surface area contributed by atoms with Gasteiger partial charge in [0.15, 0.2) is 0 Å². The van der Waals surface area contributed by atoms with Crippen LogP contribution in [-0.4, -0.2) is 41.4 Å². The zero-order valence-corrected chi connectivity index (χ0v) is 18.1. The van der Waals surface area contributed by atoms with E-state index in [0.717, 1.165) is 43.2 Å². The molecule has 0 aliphatic heterocycles. The third kappa shape index (κ3) is 5.95. The molecule has 158 valence electrons. The molecule has 1 aliphatic rings. The first kappa shape index (κ1) is 23.2. The maximum atomic E-state index is 11.2. The van der Waals surface area contributed by atoms with Crippen LogP contribution in [0.4, 0.5) is 0 Å². The van der Waals surface area contributed by atoms with E-state index in [4.69, 9.17) is 11.6 Å². The SMILES string of the molecule is COC(=O)CCCCCCC1C(Cl)CC(O)C1c1ccc(C(C)(C)CO)cc1. The zero-order chi connectivity index (χ0) is 20.7. The zero-order valence-electron chi connectivity index (χ0n) is 17.4. The molecule has 28 heavy (non-hydrogen) atoms. The molecule has 1 aromatic carbocycles. The van der Waals surface area contributed by atoms with Gasteiger partial charge in [-0.15, -0.1) is 11.6 Å². The van der Waals surface area contributed by atoms with E-state index in [1.807, 2.05) is 13.8 Å². The van der Waals surface area contributed by atoms with Crippen LogP contribution in [0.5, 0.6) is 0 Å². The van der Waals surface area contributed by atoms with Crippen LogP contribution in [0.1, 0.15) is 75.8 Å². The highest BCUT2D eigenvalue weighted by Crippen LogP contribution is 2.45. The number of esters is 1. The molecule has 0 radical (unpaired) electrons. The second kappa shape index (κ2) is 10.6. The fraction of sp³-hybridized carbons (Fsp3) is 0.696. The molecule has 0 saturated heterocycles. The average molecular weight is 411 g/mol. The largest absolute Gasteiger partial charge is 0.469 e. The lowest BCUT2D eigenvalue weighted by Gasteiger charge is -2.26. The number of benzene rings is 1. The third-order valence-corrected chi connectivity index (χ3v) is 6.68. The Labute approximate surface area is 174 Å². The van der Waals surface area contributed by atoms with E-state index >= 15 is 0 Å². The van der Waals surface area contributed by atoms with Crippen molar-refractivity contribution in [3.8, 4) is 0 Å². The maximum Gasteiger partial charge on any atom is 0.305 e. The quantitative estimate of drug-likeness (QED) is 0.337. The highest BCUT2D eigenvalue weighted by atomic mass is 35.5. The molecule has 1 aliphatic carbocycles. The molecule has 0 aromatic heterocycles. The highest BCUT2D eigenvalue weighted by molar-refractivity contribution is 6.21. The summed E-state index contributed by atoms with van der Waals surface area (Å²) in [7, 11) is 1.42. The molecule has 0 heterocycles. The van der Waals surface area contributed by atoms with Crippen LogP contribution in [-0.2, 0) is 14.9 Å². The van der Waals surface area contributed by atoms with Crippen molar-refractivity contribution in [2.45, 2.75) is 81.6 Å². The number of carbonyl (C=O) groups is 1. The number of rotatable bonds is 10. The molecule has 0 amide bonds. The minimum absolute atomic E-state index is 0.0105. The Kier molecular flexibility index (Phi) is 8.79. The van der Waals surface area contributed by atoms with Crippen molar-refractivity contribution in [1.82, 2.24) is 0 Å². The fourth-order valence-corrected chi connectivity index (χ4v) is 4.71. The first-order valence-corrected chi connectivity index (χ1v) is 10.8. The molecule has 5 heteroatoms. The number of aliphatic hydroxyl groups excluding tert-OH is 2. The molecule has 1 fully saturated rings. The summed E-state index contributed by atoms with van der Waals surface area (Å²) in [5.41, 5.74) is 1.95. The molecule has 2 N–H and O–H groups in total. The summed E-state index contributed by atoms with van der Waals surface area (Å²) < 4.78 is 4.67. The van der Waals surface area contributed by atoms with Crippen LogP contribution < -0.4 is 0 Å². The molecule has 4 atom stereocenters. The standard InChI is InChI=1S/C23H35ClO4/c1-23(2,15-25)17-12-10-16(11-13-17)22-18(19(24)14-20(22)26)8-6-4-5-7-9-21(27)28-3/h10-13,18-20,22,25-26H,4-9,14-15H2,1-3H3. The van der Waals surface area contributed by atoms with E-state index in [-0.39, 0.29) is 35.2 Å². The first-order valence-electron chi connectivity index (χ1n) is 10.4. The second-order valence-corrected chi connectivity index (χ2v) is 9.26. The number of ether oxygens (including phenoxy) is 1. The molecule has 4 nitrogen and oxygen atoms in total. The summed E-state index contributed by atoms with van der Waals surface area (Å²) in [6.07, 6.45) is 5.65.